The van der Waals surface area contributed by atoms with Crippen LogP contribution in [0.25, 0.3) is 11.0 Å². The summed E-state index contributed by atoms with van der Waals surface area (Å²) < 4.78 is 0. The van der Waals surface area contributed by atoms with Crippen LogP contribution < -0.4 is 4.90 Å². The number of pyridine rings is 1. The van der Waals surface area contributed by atoms with Crippen molar-refractivity contribution in [1.82, 2.24) is 25.1 Å². The number of carbonyl (C=O) groups excluding carboxylic acids is 1. The second-order valence-electron chi connectivity index (χ2n) is 7.10. The molecular weight excluding hydrogens is 328 g/mol. The van der Waals surface area contributed by atoms with Crippen LogP contribution in [0, 0.1) is 0 Å². The fourth-order valence-corrected chi connectivity index (χ4v) is 3.85. The highest BCUT2D eigenvalue weighted by molar-refractivity contribution is 6.06. The van der Waals surface area contributed by atoms with Gasteiger partial charge in [0.1, 0.15) is 5.65 Å². The van der Waals surface area contributed by atoms with Crippen LogP contribution in [0.4, 0.5) is 5.82 Å². The van der Waals surface area contributed by atoms with Gasteiger partial charge in [0.15, 0.2) is 5.82 Å². The minimum absolute atomic E-state index is 0.0222. The van der Waals surface area contributed by atoms with E-state index >= 15 is 0 Å². The van der Waals surface area contributed by atoms with E-state index in [0.29, 0.717) is 5.56 Å². The van der Waals surface area contributed by atoms with Crippen molar-refractivity contribution in [2.24, 2.45) is 0 Å². The number of nitrogens with zero attached hydrogens (tertiary/aromatic N) is 5. The highest BCUT2D eigenvalue weighted by Crippen LogP contribution is 2.27. The number of rotatable bonds is 3. The van der Waals surface area contributed by atoms with Gasteiger partial charge in [0, 0.05) is 37.9 Å². The van der Waals surface area contributed by atoms with Gasteiger partial charge in [-0.1, -0.05) is 0 Å². The molecular formula is C19H20N6O. The number of hydrogen-bond acceptors (Lipinski definition) is 5. The number of H-pyrrole nitrogens is 1. The molecule has 26 heavy (non-hydrogen) atoms. The highest BCUT2D eigenvalue weighted by Gasteiger charge is 2.34. The number of carbonyl (C=O) groups is 1. The predicted octanol–water partition coefficient (Wildman–Crippen LogP) is 1.80. The SMILES string of the molecule is CN(C(=O)c1c[nH]c2ncccc12)C1CN(c2cc3c(nn2)CCC3)C1. The molecule has 0 spiro atoms. The summed E-state index contributed by atoms with van der Waals surface area (Å²) in [5.41, 5.74) is 3.89. The summed E-state index contributed by atoms with van der Waals surface area (Å²) in [6, 6.07) is 6.12. The standard InChI is InChI=1S/C19H20N6O/c1-24(19(26)15-9-21-18-14(15)5-3-7-20-18)13-10-25(11-13)17-8-12-4-2-6-16(12)22-23-17/h3,5,7-9,13H,2,4,6,10-11H2,1H3,(H,20,21). The number of anilines is 1. The third-order valence-electron chi connectivity index (χ3n) is 5.54. The van der Waals surface area contributed by atoms with Crippen molar-refractivity contribution in [3.63, 3.8) is 0 Å². The molecule has 1 saturated heterocycles. The minimum atomic E-state index is 0.0222. The second-order valence-corrected chi connectivity index (χ2v) is 7.10. The van der Waals surface area contributed by atoms with E-state index in [2.05, 4.69) is 31.1 Å². The van der Waals surface area contributed by atoms with Crippen molar-refractivity contribution in [2.45, 2.75) is 25.3 Å². The molecule has 0 radical (unpaired) electrons. The number of nitrogens with one attached hydrogen (secondary N) is 1. The van der Waals surface area contributed by atoms with Crippen LogP contribution in [-0.4, -0.2) is 57.2 Å². The molecule has 1 fully saturated rings. The zero-order valence-corrected chi connectivity index (χ0v) is 14.6. The average molecular weight is 348 g/mol. The summed E-state index contributed by atoms with van der Waals surface area (Å²) in [6.07, 6.45) is 6.79. The molecule has 0 bridgehead atoms. The topological polar surface area (TPSA) is 78.0 Å². The number of aromatic nitrogens is 4. The maximum absolute atomic E-state index is 12.9. The molecule has 7 nitrogen and oxygen atoms in total. The first kappa shape index (κ1) is 15.3. The van der Waals surface area contributed by atoms with Gasteiger partial charge in [-0.25, -0.2) is 4.98 Å². The quantitative estimate of drug-likeness (QED) is 0.781. The van der Waals surface area contributed by atoms with Crippen LogP contribution in [0.15, 0.2) is 30.6 Å². The Labute approximate surface area is 151 Å². The van der Waals surface area contributed by atoms with Gasteiger partial charge < -0.3 is 14.8 Å². The summed E-state index contributed by atoms with van der Waals surface area (Å²) in [6.45, 7) is 1.58. The smallest absolute Gasteiger partial charge is 0.256 e. The van der Waals surface area contributed by atoms with Gasteiger partial charge in [0.25, 0.3) is 5.91 Å². The number of hydrogen-bond donors (Lipinski definition) is 1. The molecule has 2 aliphatic rings. The Hall–Kier alpha value is -2.96. The molecule has 0 aromatic carbocycles. The number of aryl methyl sites for hydroxylation is 2. The zero-order valence-electron chi connectivity index (χ0n) is 14.6. The summed E-state index contributed by atoms with van der Waals surface area (Å²) in [5, 5.41) is 9.59. The van der Waals surface area contributed by atoms with Crippen LogP contribution in [-0.2, 0) is 12.8 Å². The lowest BCUT2D eigenvalue weighted by molar-refractivity contribution is 0.0707. The Morgan fingerprint density at radius 3 is 3.08 bits per heavy atom. The number of amides is 1. The van der Waals surface area contributed by atoms with E-state index in [9.17, 15) is 4.79 Å². The molecule has 0 saturated carbocycles. The number of likely N-dealkylation sites (N-methyl/N-ethyl adjacent to an activating group) is 1. The van der Waals surface area contributed by atoms with Crippen molar-refractivity contribution >= 4 is 22.8 Å². The van der Waals surface area contributed by atoms with Gasteiger partial charge in [-0.3, -0.25) is 4.79 Å². The number of aromatic amines is 1. The summed E-state index contributed by atoms with van der Waals surface area (Å²) in [5.74, 6) is 0.952. The molecule has 1 N–H and O–H groups in total. The Kier molecular flexibility index (Phi) is 3.41. The van der Waals surface area contributed by atoms with Gasteiger partial charge in [0.05, 0.1) is 17.3 Å². The molecule has 1 aliphatic carbocycles. The van der Waals surface area contributed by atoms with Gasteiger partial charge in [-0.05, 0) is 43.0 Å². The minimum Gasteiger partial charge on any atom is -0.351 e. The van der Waals surface area contributed by atoms with Crippen molar-refractivity contribution in [3.05, 3.63) is 47.4 Å². The van der Waals surface area contributed by atoms with Crippen LogP contribution in [0.2, 0.25) is 0 Å². The zero-order chi connectivity index (χ0) is 17.7. The van der Waals surface area contributed by atoms with E-state index < -0.39 is 0 Å². The fraction of sp³-hybridized carbons (Fsp3) is 0.368. The van der Waals surface area contributed by atoms with Gasteiger partial charge in [-0.15, -0.1) is 5.10 Å². The van der Waals surface area contributed by atoms with Crippen LogP contribution in [0.3, 0.4) is 0 Å². The van der Waals surface area contributed by atoms with Crippen molar-refractivity contribution in [1.29, 1.82) is 0 Å². The molecule has 3 aromatic rings. The Morgan fingerprint density at radius 1 is 1.31 bits per heavy atom. The van der Waals surface area contributed by atoms with E-state index in [1.807, 2.05) is 24.1 Å². The molecule has 4 heterocycles. The molecule has 1 aliphatic heterocycles. The van der Waals surface area contributed by atoms with Crippen molar-refractivity contribution in [2.75, 3.05) is 25.0 Å². The molecule has 5 rings (SSSR count). The third-order valence-corrected chi connectivity index (χ3v) is 5.54. The molecule has 3 aromatic heterocycles. The first-order valence-electron chi connectivity index (χ1n) is 9.00. The summed E-state index contributed by atoms with van der Waals surface area (Å²) in [7, 11) is 1.87. The Morgan fingerprint density at radius 2 is 2.19 bits per heavy atom. The first-order chi connectivity index (χ1) is 12.7. The summed E-state index contributed by atoms with van der Waals surface area (Å²) in [4.78, 5) is 24.2. The molecule has 0 unspecified atom stereocenters. The lowest BCUT2D eigenvalue weighted by Crippen LogP contribution is -2.60. The van der Waals surface area contributed by atoms with Crippen LogP contribution >= 0.6 is 0 Å². The van der Waals surface area contributed by atoms with E-state index in [0.717, 1.165) is 48.5 Å². The van der Waals surface area contributed by atoms with E-state index in [1.165, 1.54) is 12.0 Å². The average Bonchev–Trinajstić information content (AvgIpc) is 3.26. The molecule has 1 amide bonds. The highest BCUT2D eigenvalue weighted by atomic mass is 16.2. The largest absolute Gasteiger partial charge is 0.351 e. The molecule has 132 valence electrons. The normalized spacial score (nSPS) is 16.6. The van der Waals surface area contributed by atoms with Crippen LogP contribution in [0.5, 0.6) is 0 Å². The van der Waals surface area contributed by atoms with Gasteiger partial charge in [0.2, 0.25) is 0 Å². The van der Waals surface area contributed by atoms with Crippen LogP contribution in [0.1, 0.15) is 28.0 Å². The van der Waals surface area contributed by atoms with E-state index in [-0.39, 0.29) is 11.9 Å². The van der Waals surface area contributed by atoms with Crippen molar-refractivity contribution < 1.29 is 4.79 Å². The lowest BCUT2D eigenvalue weighted by atomic mass is 10.1. The van der Waals surface area contributed by atoms with Gasteiger partial charge in [-0.2, -0.15) is 5.10 Å². The van der Waals surface area contributed by atoms with Gasteiger partial charge >= 0.3 is 0 Å². The monoisotopic (exact) mass is 348 g/mol. The van der Waals surface area contributed by atoms with E-state index in [1.54, 1.807) is 12.4 Å². The van der Waals surface area contributed by atoms with E-state index in [4.69, 9.17) is 0 Å². The number of fused-ring (bicyclic) bond motifs is 2. The molecule has 7 heteroatoms. The third kappa shape index (κ3) is 2.34. The Balaban J connectivity index is 1.29. The maximum atomic E-state index is 12.9. The van der Waals surface area contributed by atoms with Crippen molar-refractivity contribution in [3.8, 4) is 0 Å². The first-order valence-corrected chi connectivity index (χ1v) is 9.00. The second kappa shape index (κ2) is 5.79. The predicted molar refractivity (Wildman–Crippen MR) is 98.2 cm³/mol. The fourth-order valence-electron chi connectivity index (χ4n) is 3.85. The Bertz CT molecular complexity index is 991. The maximum Gasteiger partial charge on any atom is 0.256 e. The lowest BCUT2D eigenvalue weighted by Gasteiger charge is -2.44. The summed E-state index contributed by atoms with van der Waals surface area (Å²) >= 11 is 0. The molecule has 0 atom stereocenters.